The van der Waals surface area contributed by atoms with Gasteiger partial charge in [0.2, 0.25) is 17.7 Å². The summed E-state index contributed by atoms with van der Waals surface area (Å²) in [5.74, 6) is -0.494. The molecule has 2 aliphatic heterocycles. The van der Waals surface area contributed by atoms with Crippen molar-refractivity contribution in [1.29, 1.82) is 0 Å². The summed E-state index contributed by atoms with van der Waals surface area (Å²) in [5.41, 5.74) is 3.08. The summed E-state index contributed by atoms with van der Waals surface area (Å²) in [6.07, 6.45) is 4.56. The third kappa shape index (κ3) is 5.00. The van der Waals surface area contributed by atoms with E-state index in [1.54, 1.807) is 12.1 Å². The van der Waals surface area contributed by atoms with Gasteiger partial charge in [-0.1, -0.05) is 30.3 Å². The third-order valence-corrected chi connectivity index (χ3v) is 6.54. The van der Waals surface area contributed by atoms with Gasteiger partial charge in [0.05, 0.1) is 0 Å². The minimum absolute atomic E-state index is 0.0903. The van der Waals surface area contributed by atoms with Gasteiger partial charge >= 0.3 is 0 Å². The number of para-hydroxylation sites is 1. The molecule has 2 aliphatic rings. The van der Waals surface area contributed by atoms with Crippen molar-refractivity contribution < 1.29 is 18.7 Å². The number of rotatable bonds is 6. The van der Waals surface area contributed by atoms with Gasteiger partial charge in [0, 0.05) is 24.5 Å². The van der Waals surface area contributed by atoms with Crippen LogP contribution in [0.25, 0.3) is 0 Å². The second kappa shape index (κ2) is 10.3. The topological polar surface area (TPSA) is 96.5 Å². The van der Waals surface area contributed by atoms with E-state index in [1.807, 2.05) is 23.1 Å². The Morgan fingerprint density at radius 1 is 1.19 bits per heavy atom. The summed E-state index contributed by atoms with van der Waals surface area (Å²) in [7, 11) is 0. The Morgan fingerprint density at radius 3 is 2.83 bits per heavy atom. The molecular formula is C27H28FN5O3. The van der Waals surface area contributed by atoms with Gasteiger partial charge in [-0.05, 0) is 61.9 Å². The van der Waals surface area contributed by atoms with Crippen molar-refractivity contribution in [2.24, 2.45) is 0 Å². The highest BCUT2D eigenvalue weighted by atomic mass is 19.1. The molecule has 3 heterocycles. The third-order valence-electron chi connectivity index (χ3n) is 6.54. The molecular weight excluding hydrogens is 461 g/mol. The first-order valence-electron chi connectivity index (χ1n) is 12.2. The number of carbonyl (C=O) groups is 2. The Morgan fingerprint density at radius 2 is 2.00 bits per heavy atom. The number of carbonyl (C=O) groups excluding carboxylic acids is 2. The molecule has 9 heteroatoms. The molecule has 0 saturated carbocycles. The molecule has 1 fully saturated rings. The number of ether oxygens (including phenoxy) is 1. The number of aromatic nitrogens is 2. The molecule has 0 bridgehead atoms. The molecule has 5 rings (SSSR count). The van der Waals surface area contributed by atoms with Crippen molar-refractivity contribution in [2.45, 2.75) is 51.3 Å². The monoisotopic (exact) mass is 489 g/mol. The predicted molar refractivity (Wildman–Crippen MR) is 133 cm³/mol. The molecule has 2 aromatic carbocycles. The predicted octanol–water partition coefficient (Wildman–Crippen LogP) is 3.68. The van der Waals surface area contributed by atoms with Crippen molar-refractivity contribution in [3.63, 3.8) is 0 Å². The van der Waals surface area contributed by atoms with Crippen LogP contribution in [0.3, 0.4) is 0 Å². The van der Waals surface area contributed by atoms with Crippen LogP contribution < -0.4 is 20.3 Å². The van der Waals surface area contributed by atoms with Crippen LogP contribution in [0.1, 0.15) is 47.7 Å². The van der Waals surface area contributed by atoms with Crippen LogP contribution in [0.15, 0.2) is 54.7 Å². The van der Waals surface area contributed by atoms with E-state index in [9.17, 15) is 14.0 Å². The number of hydrogen-bond donors (Lipinski definition) is 2. The number of amides is 2. The Bertz CT molecular complexity index is 1270. The molecule has 186 valence electrons. The van der Waals surface area contributed by atoms with Gasteiger partial charge in [-0.25, -0.2) is 9.37 Å². The number of benzene rings is 2. The summed E-state index contributed by atoms with van der Waals surface area (Å²) in [6, 6.07) is 13.5. The first kappa shape index (κ1) is 23.7. The molecule has 1 aromatic heterocycles. The van der Waals surface area contributed by atoms with Crippen molar-refractivity contribution in [3.05, 3.63) is 77.2 Å². The van der Waals surface area contributed by atoms with Crippen molar-refractivity contribution in [3.8, 4) is 5.88 Å². The molecule has 2 atom stereocenters. The number of nitrogens with zero attached hydrogens (tertiary/aromatic N) is 3. The zero-order valence-corrected chi connectivity index (χ0v) is 20.0. The normalized spacial score (nSPS) is 19.3. The van der Waals surface area contributed by atoms with Gasteiger partial charge in [0.25, 0.3) is 5.91 Å². The van der Waals surface area contributed by atoms with Gasteiger partial charge in [-0.3, -0.25) is 9.59 Å². The fourth-order valence-electron chi connectivity index (χ4n) is 4.65. The highest BCUT2D eigenvalue weighted by Gasteiger charge is 2.31. The zero-order valence-electron chi connectivity index (χ0n) is 20.0. The van der Waals surface area contributed by atoms with Crippen LogP contribution in [-0.4, -0.2) is 40.4 Å². The van der Waals surface area contributed by atoms with E-state index in [-0.39, 0.29) is 35.8 Å². The fourth-order valence-corrected chi connectivity index (χ4v) is 4.65. The lowest BCUT2D eigenvalue weighted by atomic mass is 10.1. The number of anilines is 2. The van der Waals surface area contributed by atoms with Crippen LogP contribution in [0.5, 0.6) is 5.88 Å². The second-order valence-corrected chi connectivity index (χ2v) is 9.17. The highest BCUT2D eigenvalue weighted by Crippen LogP contribution is 2.37. The van der Waals surface area contributed by atoms with E-state index >= 15 is 0 Å². The molecule has 0 spiro atoms. The summed E-state index contributed by atoms with van der Waals surface area (Å²) >= 11 is 0. The van der Waals surface area contributed by atoms with Crippen LogP contribution in [0.2, 0.25) is 0 Å². The van der Waals surface area contributed by atoms with Crippen molar-refractivity contribution in [1.82, 2.24) is 20.6 Å². The standard InChI is InChI=1S/C27H28FN5O3/c1-17-14-19-6-2-3-8-23(19)33(17)27-30-15-21(24(34)31-22-7-4-5-13-29-25(22)35)26(32-27)36-16-18-9-11-20(28)12-10-18/h2-3,6,8-12,15,17,22H,4-5,7,13-14,16H2,1H3,(H,29,35)(H,31,34). The van der Waals surface area contributed by atoms with E-state index in [2.05, 4.69) is 33.6 Å². The molecule has 8 nitrogen and oxygen atoms in total. The summed E-state index contributed by atoms with van der Waals surface area (Å²) in [5, 5.41) is 5.63. The SMILES string of the molecule is CC1Cc2ccccc2N1c1ncc(C(=O)NC2CCCCNC2=O)c(OCc2ccc(F)cc2)n1. The first-order chi connectivity index (χ1) is 17.5. The molecule has 0 aliphatic carbocycles. The van der Waals surface area contributed by atoms with Crippen LogP contribution in [0.4, 0.5) is 16.0 Å². The minimum atomic E-state index is -0.630. The number of halogens is 1. The highest BCUT2D eigenvalue weighted by molar-refractivity contribution is 5.99. The zero-order chi connectivity index (χ0) is 25.1. The summed E-state index contributed by atoms with van der Waals surface area (Å²) < 4.78 is 19.3. The van der Waals surface area contributed by atoms with Crippen molar-refractivity contribution >= 4 is 23.5 Å². The summed E-state index contributed by atoms with van der Waals surface area (Å²) in [6.45, 7) is 2.78. The number of nitrogens with one attached hydrogen (secondary N) is 2. The van der Waals surface area contributed by atoms with Gasteiger partial charge in [0.1, 0.15) is 24.0 Å². The Hall–Kier alpha value is -4.01. The molecule has 2 N–H and O–H groups in total. The van der Waals surface area contributed by atoms with Gasteiger partial charge < -0.3 is 20.3 Å². The lowest BCUT2D eigenvalue weighted by Gasteiger charge is -2.23. The lowest BCUT2D eigenvalue weighted by Crippen LogP contribution is -2.45. The number of fused-ring (bicyclic) bond motifs is 1. The molecule has 0 radical (unpaired) electrons. The average molecular weight is 490 g/mol. The molecule has 1 saturated heterocycles. The van der Waals surface area contributed by atoms with E-state index < -0.39 is 11.9 Å². The largest absolute Gasteiger partial charge is 0.472 e. The van der Waals surface area contributed by atoms with E-state index in [0.717, 1.165) is 30.5 Å². The van der Waals surface area contributed by atoms with Crippen LogP contribution >= 0.6 is 0 Å². The second-order valence-electron chi connectivity index (χ2n) is 9.17. The Labute approximate surface area is 208 Å². The molecule has 36 heavy (non-hydrogen) atoms. The average Bonchev–Trinajstić information content (AvgIpc) is 3.09. The van der Waals surface area contributed by atoms with Gasteiger partial charge in [0.15, 0.2) is 0 Å². The molecule has 2 unspecified atom stereocenters. The van der Waals surface area contributed by atoms with Gasteiger partial charge in [-0.15, -0.1) is 0 Å². The molecule has 2 amide bonds. The smallest absolute Gasteiger partial charge is 0.259 e. The maximum Gasteiger partial charge on any atom is 0.259 e. The number of hydrogen-bond acceptors (Lipinski definition) is 6. The van der Waals surface area contributed by atoms with E-state index in [4.69, 9.17) is 4.74 Å². The van der Waals surface area contributed by atoms with Crippen molar-refractivity contribution in [2.75, 3.05) is 11.4 Å². The van der Waals surface area contributed by atoms with Crippen LogP contribution in [-0.2, 0) is 17.8 Å². The maximum atomic E-state index is 13.3. The fraction of sp³-hybridized carbons (Fsp3) is 0.333. The first-order valence-corrected chi connectivity index (χ1v) is 12.2. The Kier molecular flexibility index (Phi) is 6.79. The Balaban J connectivity index is 1.45. The van der Waals surface area contributed by atoms with E-state index in [0.29, 0.717) is 18.9 Å². The summed E-state index contributed by atoms with van der Waals surface area (Å²) in [4.78, 5) is 36.8. The van der Waals surface area contributed by atoms with Gasteiger partial charge in [-0.2, -0.15) is 4.98 Å². The van der Waals surface area contributed by atoms with E-state index in [1.165, 1.54) is 23.9 Å². The maximum absolute atomic E-state index is 13.3. The lowest BCUT2D eigenvalue weighted by molar-refractivity contribution is -0.122. The minimum Gasteiger partial charge on any atom is -0.472 e. The van der Waals surface area contributed by atoms with Crippen LogP contribution in [0, 0.1) is 5.82 Å². The molecule has 3 aromatic rings. The quantitative estimate of drug-likeness (QED) is 0.549.